The third kappa shape index (κ3) is 4.73. The SMILES string of the molecule is O=C(COCC1CC1)Nc1cc(S(=O)(=O)NC2CC2)ccc1F. The number of anilines is 1. The summed E-state index contributed by atoms with van der Waals surface area (Å²) in [7, 11) is -3.69. The highest BCUT2D eigenvalue weighted by Crippen LogP contribution is 2.28. The zero-order valence-electron chi connectivity index (χ0n) is 12.5. The summed E-state index contributed by atoms with van der Waals surface area (Å²) in [5.41, 5.74) is -0.163. The lowest BCUT2D eigenvalue weighted by Gasteiger charge is -2.10. The first-order chi connectivity index (χ1) is 10.9. The van der Waals surface area contributed by atoms with Crippen LogP contribution in [-0.4, -0.2) is 33.6 Å². The van der Waals surface area contributed by atoms with Crippen LogP contribution in [0.15, 0.2) is 23.1 Å². The molecule has 23 heavy (non-hydrogen) atoms. The molecule has 0 aromatic heterocycles. The molecule has 0 spiro atoms. The van der Waals surface area contributed by atoms with E-state index >= 15 is 0 Å². The van der Waals surface area contributed by atoms with Gasteiger partial charge in [0.05, 0.1) is 17.2 Å². The van der Waals surface area contributed by atoms with E-state index < -0.39 is 21.7 Å². The first-order valence-electron chi connectivity index (χ1n) is 7.63. The van der Waals surface area contributed by atoms with Gasteiger partial charge in [-0.05, 0) is 49.8 Å². The fraction of sp³-hybridized carbons (Fsp3) is 0.533. The monoisotopic (exact) mass is 342 g/mol. The Balaban J connectivity index is 1.63. The van der Waals surface area contributed by atoms with Crippen molar-refractivity contribution in [2.24, 2.45) is 5.92 Å². The van der Waals surface area contributed by atoms with Gasteiger partial charge in [0.1, 0.15) is 12.4 Å². The molecule has 8 heteroatoms. The van der Waals surface area contributed by atoms with Gasteiger partial charge in [0.25, 0.3) is 0 Å². The number of nitrogens with one attached hydrogen (secondary N) is 2. The fourth-order valence-electron chi connectivity index (χ4n) is 2.05. The Morgan fingerprint density at radius 3 is 2.65 bits per heavy atom. The van der Waals surface area contributed by atoms with Gasteiger partial charge in [0.15, 0.2) is 0 Å². The van der Waals surface area contributed by atoms with Crippen LogP contribution in [0.4, 0.5) is 10.1 Å². The van der Waals surface area contributed by atoms with E-state index in [1.165, 1.54) is 6.07 Å². The van der Waals surface area contributed by atoms with Crippen molar-refractivity contribution < 1.29 is 22.3 Å². The summed E-state index contributed by atoms with van der Waals surface area (Å²) in [4.78, 5) is 11.7. The maximum absolute atomic E-state index is 13.8. The van der Waals surface area contributed by atoms with Crippen molar-refractivity contribution in [2.75, 3.05) is 18.5 Å². The number of sulfonamides is 1. The minimum absolute atomic E-state index is 0.0427. The molecule has 0 radical (unpaired) electrons. The van der Waals surface area contributed by atoms with Crippen molar-refractivity contribution in [1.82, 2.24) is 4.72 Å². The Kier molecular flexibility index (Phi) is 4.65. The smallest absolute Gasteiger partial charge is 0.250 e. The molecule has 2 N–H and O–H groups in total. The van der Waals surface area contributed by atoms with Gasteiger partial charge in [-0.1, -0.05) is 0 Å². The van der Waals surface area contributed by atoms with Gasteiger partial charge < -0.3 is 10.1 Å². The molecule has 0 bridgehead atoms. The number of carbonyl (C=O) groups excluding carboxylic acids is 1. The molecule has 2 saturated carbocycles. The van der Waals surface area contributed by atoms with Gasteiger partial charge in [-0.15, -0.1) is 0 Å². The van der Waals surface area contributed by atoms with Crippen molar-refractivity contribution in [3.05, 3.63) is 24.0 Å². The number of rotatable bonds is 8. The summed E-state index contributed by atoms with van der Waals surface area (Å²) < 4.78 is 45.7. The van der Waals surface area contributed by atoms with Crippen molar-refractivity contribution in [3.8, 4) is 0 Å². The molecule has 0 atom stereocenters. The van der Waals surface area contributed by atoms with Gasteiger partial charge in [-0.25, -0.2) is 17.5 Å². The molecule has 0 aliphatic heterocycles. The van der Waals surface area contributed by atoms with Gasteiger partial charge in [-0.3, -0.25) is 4.79 Å². The third-order valence-corrected chi connectivity index (χ3v) is 5.22. The van der Waals surface area contributed by atoms with Gasteiger partial charge >= 0.3 is 0 Å². The first kappa shape index (κ1) is 16.4. The quantitative estimate of drug-likeness (QED) is 0.752. The van der Waals surface area contributed by atoms with Crippen LogP contribution in [0.2, 0.25) is 0 Å². The molecule has 6 nitrogen and oxygen atoms in total. The van der Waals surface area contributed by atoms with Crippen LogP contribution in [0.5, 0.6) is 0 Å². The molecular weight excluding hydrogens is 323 g/mol. The molecule has 2 aliphatic rings. The Morgan fingerprint density at radius 2 is 2.00 bits per heavy atom. The highest BCUT2D eigenvalue weighted by atomic mass is 32.2. The first-order valence-corrected chi connectivity index (χ1v) is 9.12. The second kappa shape index (κ2) is 6.54. The predicted molar refractivity (Wildman–Crippen MR) is 81.9 cm³/mol. The van der Waals surface area contributed by atoms with E-state index in [-0.39, 0.29) is 23.2 Å². The van der Waals surface area contributed by atoms with E-state index in [4.69, 9.17) is 4.74 Å². The van der Waals surface area contributed by atoms with Crippen LogP contribution >= 0.6 is 0 Å². The number of hydrogen-bond acceptors (Lipinski definition) is 4. The Bertz CT molecular complexity index is 699. The molecule has 1 aromatic carbocycles. The largest absolute Gasteiger partial charge is 0.371 e. The molecule has 1 amide bonds. The number of amides is 1. The summed E-state index contributed by atoms with van der Waals surface area (Å²) in [6, 6.07) is 3.29. The average molecular weight is 342 g/mol. The van der Waals surface area contributed by atoms with Crippen LogP contribution in [0.3, 0.4) is 0 Å². The van der Waals surface area contributed by atoms with E-state index in [1.807, 2.05) is 0 Å². The lowest BCUT2D eigenvalue weighted by Crippen LogP contribution is -2.26. The van der Waals surface area contributed by atoms with Crippen molar-refractivity contribution >= 4 is 21.6 Å². The van der Waals surface area contributed by atoms with Crippen LogP contribution < -0.4 is 10.0 Å². The van der Waals surface area contributed by atoms with Gasteiger partial charge in [0.2, 0.25) is 15.9 Å². The topological polar surface area (TPSA) is 84.5 Å². The third-order valence-electron chi connectivity index (χ3n) is 3.71. The standard InChI is InChI=1S/C15H19FN2O4S/c16-13-6-5-12(23(20,21)18-11-3-4-11)7-14(13)17-15(19)9-22-8-10-1-2-10/h5-7,10-11,18H,1-4,8-9H2,(H,17,19). The summed E-state index contributed by atoms with van der Waals surface area (Å²) >= 11 is 0. The normalized spacial score (nSPS) is 18.0. The number of ether oxygens (including phenoxy) is 1. The highest BCUT2D eigenvalue weighted by molar-refractivity contribution is 7.89. The van der Waals surface area contributed by atoms with E-state index in [2.05, 4.69) is 10.0 Å². The highest BCUT2D eigenvalue weighted by Gasteiger charge is 2.28. The molecule has 0 unspecified atom stereocenters. The number of benzene rings is 1. The lowest BCUT2D eigenvalue weighted by molar-refractivity contribution is -0.120. The van der Waals surface area contributed by atoms with Crippen LogP contribution in [0, 0.1) is 11.7 Å². The summed E-state index contributed by atoms with van der Waals surface area (Å²) in [5.74, 6) is -0.665. The van der Waals surface area contributed by atoms with E-state index in [0.717, 1.165) is 37.8 Å². The summed E-state index contributed by atoms with van der Waals surface area (Å²) in [6.45, 7) is 0.350. The lowest BCUT2D eigenvalue weighted by atomic mass is 10.3. The molecule has 0 saturated heterocycles. The predicted octanol–water partition coefficient (Wildman–Crippen LogP) is 1.63. The maximum atomic E-state index is 13.8. The Hall–Kier alpha value is -1.51. The van der Waals surface area contributed by atoms with E-state index in [0.29, 0.717) is 12.5 Å². The van der Waals surface area contributed by atoms with Crippen molar-refractivity contribution in [1.29, 1.82) is 0 Å². The van der Waals surface area contributed by atoms with Crippen LogP contribution in [-0.2, 0) is 19.6 Å². The van der Waals surface area contributed by atoms with Crippen LogP contribution in [0.25, 0.3) is 0 Å². The molecule has 2 fully saturated rings. The molecule has 126 valence electrons. The zero-order valence-corrected chi connectivity index (χ0v) is 13.4. The minimum atomic E-state index is -3.69. The molecule has 3 rings (SSSR count). The Labute approximate surface area is 134 Å². The summed E-state index contributed by atoms with van der Waals surface area (Å²) in [5, 5.41) is 2.35. The molecule has 1 aromatic rings. The second-order valence-corrected chi connectivity index (χ2v) is 7.76. The minimum Gasteiger partial charge on any atom is -0.371 e. The number of halogens is 1. The average Bonchev–Trinajstić information content (AvgIpc) is 3.37. The maximum Gasteiger partial charge on any atom is 0.250 e. The summed E-state index contributed by atoms with van der Waals surface area (Å²) in [6.07, 6.45) is 3.85. The number of hydrogen-bond donors (Lipinski definition) is 2. The second-order valence-electron chi connectivity index (χ2n) is 6.04. The van der Waals surface area contributed by atoms with Gasteiger partial charge in [0, 0.05) is 6.04 Å². The fourth-order valence-corrected chi connectivity index (χ4v) is 3.38. The molecule has 0 heterocycles. The van der Waals surface area contributed by atoms with Crippen molar-refractivity contribution in [2.45, 2.75) is 36.6 Å². The molecular formula is C15H19FN2O4S. The zero-order chi connectivity index (χ0) is 16.4. The van der Waals surface area contributed by atoms with Crippen molar-refractivity contribution in [3.63, 3.8) is 0 Å². The van der Waals surface area contributed by atoms with Crippen LogP contribution in [0.1, 0.15) is 25.7 Å². The van der Waals surface area contributed by atoms with Gasteiger partial charge in [-0.2, -0.15) is 0 Å². The van der Waals surface area contributed by atoms with E-state index in [9.17, 15) is 17.6 Å². The Morgan fingerprint density at radius 1 is 1.26 bits per heavy atom. The van der Waals surface area contributed by atoms with E-state index in [1.54, 1.807) is 0 Å². The molecule has 2 aliphatic carbocycles. The number of carbonyl (C=O) groups is 1.